The van der Waals surface area contributed by atoms with Crippen molar-refractivity contribution in [3.05, 3.63) is 48.6 Å². The van der Waals surface area contributed by atoms with Crippen LogP contribution in [0.1, 0.15) is 297 Å². The van der Waals surface area contributed by atoms with E-state index in [-0.39, 0.29) is 31.1 Å². The van der Waals surface area contributed by atoms with Crippen molar-refractivity contribution in [2.24, 2.45) is 0 Å². The van der Waals surface area contributed by atoms with Crippen LogP contribution in [0.15, 0.2) is 48.6 Å². The molecule has 0 amide bonds. The fourth-order valence-electron chi connectivity index (χ4n) is 8.17. The largest absolute Gasteiger partial charge is 0.462 e. The highest BCUT2D eigenvalue weighted by Gasteiger charge is 2.19. The Morgan fingerprint density at radius 2 is 0.545 bits per heavy atom. The normalized spacial score (nSPS) is 12.3. The minimum absolute atomic E-state index is 0.0812. The number of carbonyl (C=O) groups is 3. The van der Waals surface area contributed by atoms with Gasteiger partial charge in [0.1, 0.15) is 13.2 Å². The highest BCUT2D eigenvalue weighted by Crippen LogP contribution is 2.15. The predicted molar refractivity (Wildman–Crippen MR) is 284 cm³/mol. The molecule has 0 saturated carbocycles. The topological polar surface area (TPSA) is 78.9 Å². The molecule has 0 saturated heterocycles. The Morgan fingerprint density at radius 3 is 0.879 bits per heavy atom. The first-order chi connectivity index (χ1) is 32.5. The molecule has 384 valence electrons. The van der Waals surface area contributed by atoms with Crippen LogP contribution in [0.5, 0.6) is 0 Å². The molecule has 0 rings (SSSR count). The molecule has 0 aromatic carbocycles. The van der Waals surface area contributed by atoms with Crippen molar-refractivity contribution in [3.8, 4) is 0 Å². The highest BCUT2D eigenvalue weighted by molar-refractivity contribution is 5.71. The minimum atomic E-state index is -0.783. The van der Waals surface area contributed by atoms with Crippen LogP contribution >= 0.6 is 0 Å². The van der Waals surface area contributed by atoms with Gasteiger partial charge in [0, 0.05) is 19.3 Å². The summed E-state index contributed by atoms with van der Waals surface area (Å²) in [4.78, 5) is 38.1. The quantitative estimate of drug-likeness (QED) is 0.0262. The molecule has 0 aliphatic carbocycles. The zero-order valence-electron chi connectivity index (χ0n) is 44.0. The van der Waals surface area contributed by atoms with E-state index in [0.29, 0.717) is 19.3 Å². The van der Waals surface area contributed by atoms with Crippen molar-refractivity contribution in [2.75, 3.05) is 13.2 Å². The summed E-state index contributed by atoms with van der Waals surface area (Å²) in [6.07, 6.45) is 66.7. The van der Waals surface area contributed by atoms with Gasteiger partial charge >= 0.3 is 17.9 Å². The van der Waals surface area contributed by atoms with Crippen LogP contribution < -0.4 is 0 Å². The third-order valence-corrected chi connectivity index (χ3v) is 12.5. The minimum Gasteiger partial charge on any atom is -0.462 e. The van der Waals surface area contributed by atoms with Gasteiger partial charge in [-0.1, -0.05) is 223 Å². The number of allylic oxidation sites excluding steroid dienone is 8. The molecule has 1 unspecified atom stereocenters. The van der Waals surface area contributed by atoms with Gasteiger partial charge in [0.2, 0.25) is 0 Å². The Morgan fingerprint density at radius 1 is 0.303 bits per heavy atom. The Kier molecular flexibility index (Phi) is 52.8. The van der Waals surface area contributed by atoms with E-state index in [1.165, 1.54) is 167 Å². The van der Waals surface area contributed by atoms with E-state index in [9.17, 15) is 14.4 Å². The van der Waals surface area contributed by atoms with E-state index in [4.69, 9.17) is 14.2 Å². The molecular formula is C60H108O6. The second-order valence-electron chi connectivity index (χ2n) is 19.2. The maximum Gasteiger partial charge on any atom is 0.306 e. The maximum absolute atomic E-state index is 12.8. The highest BCUT2D eigenvalue weighted by atomic mass is 16.6. The summed E-state index contributed by atoms with van der Waals surface area (Å²) in [6, 6.07) is 0. The average Bonchev–Trinajstić information content (AvgIpc) is 3.31. The third kappa shape index (κ3) is 52.3. The van der Waals surface area contributed by atoms with Gasteiger partial charge < -0.3 is 14.2 Å². The van der Waals surface area contributed by atoms with E-state index in [0.717, 1.165) is 89.9 Å². The van der Waals surface area contributed by atoms with Gasteiger partial charge in [0.05, 0.1) is 0 Å². The van der Waals surface area contributed by atoms with Crippen molar-refractivity contribution in [3.63, 3.8) is 0 Å². The average molecular weight is 926 g/mol. The summed E-state index contributed by atoms with van der Waals surface area (Å²) in [5.41, 5.74) is 0. The molecule has 0 heterocycles. The van der Waals surface area contributed by atoms with Crippen LogP contribution in [0.4, 0.5) is 0 Å². The number of rotatable bonds is 52. The molecule has 66 heavy (non-hydrogen) atoms. The van der Waals surface area contributed by atoms with Crippen molar-refractivity contribution in [1.82, 2.24) is 0 Å². The fourth-order valence-corrected chi connectivity index (χ4v) is 8.17. The van der Waals surface area contributed by atoms with Crippen LogP contribution in [-0.4, -0.2) is 37.2 Å². The number of hydrogen-bond donors (Lipinski definition) is 0. The molecule has 0 bridgehead atoms. The second kappa shape index (κ2) is 55.0. The summed E-state index contributed by atoms with van der Waals surface area (Å²) in [5.74, 6) is -0.896. The third-order valence-electron chi connectivity index (χ3n) is 12.5. The van der Waals surface area contributed by atoms with E-state index in [1.54, 1.807) is 0 Å². The fraction of sp³-hybridized carbons (Fsp3) is 0.817. The summed E-state index contributed by atoms with van der Waals surface area (Å²) in [6.45, 7) is 6.59. The van der Waals surface area contributed by atoms with Gasteiger partial charge in [0.15, 0.2) is 6.10 Å². The zero-order valence-corrected chi connectivity index (χ0v) is 44.0. The SMILES string of the molecule is CCCCC/C=C\C/C=C\CCCCCCCC(=O)OC(COC(=O)CCCCCCC/C=C\CCCCC)COC(=O)CCCCCCCCCCC/C=C\CCCCCCCCCC. The standard InChI is InChI=1S/C60H108O6/c1-4-7-10-13-16-19-22-25-27-28-29-30-31-32-34-35-38-41-44-47-50-53-59(62)65-56-57(55-64-58(61)52-49-46-43-40-37-24-21-18-15-12-9-6-3)66-60(63)54-51-48-45-42-39-36-33-26-23-20-17-14-11-8-5-2/h17-18,20-21,26,28-29,33,57H,4-16,19,22-25,27,30-32,34-56H2,1-3H3/b20-17-,21-18-,29-28-,33-26-. The molecule has 0 radical (unpaired) electrons. The van der Waals surface area contributed by atoms with Crippen molar-refractivity contribution >= 4 is 17.9 Å². The van der Waals surface area contributed by atoms with Crippen LogP contribution in [0, 0.1) is 0 Å². The monoisotopic (exact) mass is 925 g/mol. The van der Waals surface area contributed by atoms with Crippen LogP contribution in [-0.2, 0) is 28.6 Å². The van der Waals surface area contributed by atoms with Crippen LogP contribution in [0.25, 0.3) is 0 Å². The lowest BCUT2D eigenvalue weighted by Gasteiger charge is -2.18. The lowest BCUT2D eigenvalue weighted by atomic mass is 10.1. The summed E-state index contributed by atoms with van der Waals surface area (Å²) in [7, 11) is 0. The van der Waals surface area contributed by atoms with E-state index in [1.807, 2.05) is 0 Å². The van der Waals surface area contributed by atoms with Gasteiger partial charge in [-0.15, -0.1) is 0 Å². The Hall–Kier alpha value is -2.63. The Labute approximate surface area is 409 Å². The van der Waals surface area contributed by atoms with Crippen LogP contribution in [0.2, 0.25) is 0 Å². The Bertz CT molecular complexity index is 1150. The van der Waals surface area contributed by atoms with Crippen molar-refractivity contribution in [1.29, 1.82) is 0 Å². The van der Waals surface area contributed by atoms with Gasteiger partial charge in [-0.25, -0.2) is 0 Å². The molecule has 0 spiro atoms. The van der Waals surface area contributed by atoms with Crippen molar-refractivity contribution < 1.29 is 28.6 Å². The Balaban J connectivity index is 4.32. The maximum atomic E-state index is 12.8. The van der Waals surface area contributed by atoms with Gasteiger partial charge in [-0.2, -0.15) is 0 Å². The molecule has 0 fully saturated rings. The molecular weight excluding hydrogens is 817 g/mol. The smallest absolute Gasteiger partial charge is 0.306 e. The van der Waals surface area contributed by atoms with Gasteiger partial charge in [0.25, 0.3) is 0 Å². The lowest BCUT2D eigenvalue weighted by Crippen LogP contribution is -2.30. The summed E-state index contributed by atoms with van der Waals surface area (Å²) < 4.78 is 16.8. The first-order valence-electron chi connectivity index (χ1n) is 28.6. The summed E-state index contributed by atoms with van der Waals surface area (Å²) in [5, 5.41) is 0. The zero-order chi connectivity index (χ0) is 47.9. The molecule has 0 aliphatic rings. The number of hydrogen-bond acceptors (Lipinski definition) is 6. The number of ether oxygens (including phenoxy) is 3. The molecule has 0 N–H and O–H groups in total. The lowest BCUT2D eigenvalue weighted by molar-refractivity contribution is -0.167. The van der Waals surface area contributed by atoms with E-state index >= 15 is 0 Å². The molecule has 6 heteroatoms. The molecule has 0 aliphatic heterocycles. The second-order valence-corrected chi connectivity index (χ2v) is 19.2. The first kappa shape index (κ1) is 63.4. The number of carbonyl (C=O) groups excluding carboxylic acids is 3. The van der Waals surface area contributed by atoms with E-state index < -0.39 is 6.10 Å². The molecule has 6 nitrogen and oxygen atoms in total. The van der Waals surface area contributed by atoms with Gasteiger partial charge in [-0.05, 0) is 103 Å². The molecule has 0 aromatic heterocycles. The number of unbranched alkanes of at least 4 members (excludes halogenated alkanes) is 33. The first-order valence-corrected chi connectivity index (χ1v) is 28.6. The molecule has 1 atom stereocenters. The van der Waals surface area contributed by atoms with Crippen LogP contribution in [0.3, 0.4) is 0 Å². The summed E-state index contributed by atoms with van der Waals surface area (Å²) >= 11 is 0. The predicted octanol–water partition coefficient (Wildman–Crippen LogP) is 19.0. The van der Waals surface area contributed by atoms with Gasteiger partial charge in [-0.3, -0.25) is 14.4 Å². The molecule has 0 aromatic rings. The van der Waals surface area contributed by atoms with E-state index in [2.05, 4.69) is 69.4 Å². The number of esters is 3. The van der Waals surface area contributed by atoms with Crippen molar-refractivity contribution in [2.45, 2.75) is 303 Å².